The van der Waals surface area contributed by atoms with Gasteiger partial charge in [-0.2, -0.15) is 0 Å². The van der Waals surface area contributed by atoms with E-state index in [1.54, 1.807) is 13.3 Å². The van der Waals surface area contributed by atoms with Gasteiger partial charge in [-0.25, -0.2) is 9.97 Å². The lowest BCUT2D eigenvalue weighted by Gasteiger charge is -2.28. The van der Waals surface area contributed by atoms with E-state index < -0.39 is 0 Å². The third-order valence-electron chi connectivity index (χ3n) is 4.34. The third kappa shape index (κ3) is 4.92. The summed E-state index contributed by atoms with van der Waals surface area (Å²) in [6, 6.07) is 7.96. The number of hydrogen-bond acceptors (Lipinski definition) is 6. The number of anilines is 3. The van der Waals surface area contributed by atoms with Crippen LogP contribution in [0, 0.1) is 0 Å². The maximum Gasteiger partial charge on any atom is 0.275 e. The number of carbonyl (C=O) groups is 1. The fourth-order valence-corrected chi connectivity index (χ4v) is 2.92. The molecule has 2 aromatic rings. The fourth-order valence-electron chi connectivity index (χ4n) is 2.92. The average molecular weight is 355 g/mol. The minimum atomic E-state index is -0.272. The Hall–Kier alpha value is -2.67. The number of rotatable bonds is 7. The SMILES string of the molecule is COCCNc1cnc(C(=O)Nc2ccc(N3CCCCC3)cc2)cn1. The summed E-state index contributed by atoms with van der Waals surface area (Å²) in [4.78, 5) is 23.0. The van der Waals surface area contributed by atoms with E-state index in [9.17, 15) is 4.79 Å². The Bertz CT molecular complexity index is 697. The Morgan fingerprint density at radius 3 is 2.54 bits per heavy atom. The highest BCUT2D eigenvalue weighted by atomic mass is 16.5. The first-order valence-electron chi connectivity index (χ1n) is 8.97. The molecule has 7 nitrogen and oxygen atoms in total. The van der Waals surface area contributed by atoms with Crippen LogP contribution in [0.4, 0.5) is 17.2 Å². The number of hydrogen-bond donors (Lipinski definition) is 2. The van der Waals surface area contributed by atoms with Crippen LogP contribution in [0.5, 0.6) is 0 Å². The molecule has 7 heteroatoms. The molecule has 1 aromatic heterocycles. The maximum atomic E-state index is 12.3. The van der Waals surface area contributed by atoms with Gasteiger partial charge in [0.1, 0.15) is 11.5 Å². The highest BCUT2D eigenvalue weighted by Crippen LogP contribution is 2.22. The summed E-state index contributed by atoms with van der Waals surface area (Å²) in [5, 5.41) is 5.92. The molecule has 1 aliphatic rings. The topological polar surface area (TPSA) is 79.4 Å². The van der Waals surface area contributed by atoms with Crippen molar-refractivity contribution in [3.63, 3.8) is 0 Å². The van der Waals surface area contributed by atoms with E-state index in [1.165, 1.54) is 31.1 Å². The van der Waals surface area contributed by atoms with Crippen molar-refractivity contribution in [1.29, 1.82) is 0 Å². The first-order valence-corrected chi connectivity index (χ1v) is 8.97. The number of nitrogens with zero attached hydrogens (tertiary/aromatic N) is 3. The van der Waals surface area contributed by atoms with Crippen molar-refractivity contribution in [2.45, 2.75) is 19.3 Å². The smallest absolute Gasteiger partial charge is 0.275 e. The lowest BCUT2D eigenvalue weighted by atomic mass is 10.1. The van der Waals surface area contributed by atoms with E-state index in [2.05, 4.69) is 37.6 Å². The van der Waals surface area contributed by atoms with Gasteiger partial charge in [-0.1, -0.05) is 0 Å². The monoisotopic (exact) mass is 355 g/mol. The third-order valence-corrected chi connectivity index (χ3v) is 4.34. The zero-order valence-electron chi connectivity index (χ0n) is 15.1. The molecule has 0 saturated carbocycles. The van der Waals surface area contributed by atoms with Crippen LogP contribution in [0.15, 0.2) is 36.7 Å². The Balaban J connectivity index is 1.55. The quantitative estimate of drug-likeness (QED) is 0.744. The molecule has 0 bridgehead atoms. The zero-order chi connectivity index (χ0) is 18.2. The molecule has 0 unspecified atom stereocenters. The van der Waals surface area contributed by atoms with E-state index in [0.29, 0.717) is 19.0 Å². The molecule has 1 aliphatic heterocycles. The summed E-state index contributed by atoms with van der Waals surface area (Å²) in [6.07, 6.45) is 6.81. The molecular formula is C19H25N5O2. The first kappa shape index (κ1) is 18.1. The molecule has 0 atom stereocenters. The van der Waals surface area contributed by atoms with E-state index in [0.717, 1.165) is 18.8 Å². The van der Waals surface area contributed by atoms with Gasteiger partial charge in [-0.05, 0) is 43.5 Å². The molecular weight excluding hydrogens is 330 g/mol. The van der Waals surface area contributed by atoms with Crippen LogP contribution in [-0.2, 0) is 4.74 Å². The van der Waals surface area contributed by atoms with Gasteiger partial charge in [0.2, 0.25) is 0 Å². The van der Waals surface area contributed by atoms with Crippen LogP contribution in [0.25, 0.3) is 0 Å². The predicted molar refractivity (Wildman–Crippen MR) is 103 cm³/mol. The summed E-state index contributed by atoms with van der Waals surface area (Å²) in [6.45, 7) is 3.43. The molecule has 138 valence electrons. The molecule has 2 heterocycles. The zero-order valence-corrected chi connectivity index (χ0v) is 15.1. The molecule has 0 spiro atoms. The van der Waals surface area contributed by atoms with Crippen LogP contribution in [0.1, 0.15) is 29.8 Å². The van der Waals surface area contributed by atoms with Gasteiger partial charge in [0.15, 0.2) is 0 Å². The molecule has 1 saturated heterocycles. The molecule has 26 heavy (non-hydrogen) atoms. The Morgan fingerprint density at radius 1 is 1.12 bits per heavy atom. The van der Waals surface area contributed by atoms with Gasteiger partial charge in [-0.15, -0.1) is 0 Å². The average Bonchev–Trinajstić information content (AvgIpc) is 2.70. The summed E-state index contributed by atoms with van der Waals surface area (Å²) < 4.78 is 4.96. The standard InChI is InChI=1S/C19H25N5O2/c1-26-12-9-20-18-14-21-17(13-22-18)19(25)23-15-5-7-16(8-6-15)24-10-3-2-4-11-24/h5-8,13-14H,2-4,9-12H2,1H3,(H,20,22)(H,23,25). The van der Waals surface area contributed by atoms with Crippen LogP contribution >= 0.6 is 0 Å². The fraction of sp³-hybridized carbons (Fsp3) is 0.421. The minimum Gasteiger partial charge on any atom is -0.383 e. The van der Waals surface area contributed by atoms with Crippen molar-refractivity contribution in [1.82, 2.24) is 9.97 Å². The van der Waals surface area contributed by atoms with Gasteiger partial charge >= 0.3 is 0 Å². The minimum absolute atomic E-state index is 0.272. The molecule has 2 N–H and O–H groups in total. The van der Waals surface area contributed by atoms with Gasteiger partial charge in [-0.3, -0.25) is 4.79 Å². The van der Waals surface area contributed by atoms with Crippen molar-refractivity contribution >= 4 is 23.1 Å². The highest BCUT2D eigenvalue weighted by Gasteiger charge is 2.12. The number of amides is 1. The second kappa shape index (κ2) is 9.15. The maximum absolute atomic E-state index is 12.3. The summed E-state index contributed by atoms with van der Waals surface area (Å²) in [5.41, 5.74) is 2.23. The van der Waals surface area contributed by atoms with E-state index in [-0.39, 0.29) is 11.6 Å². The van der Waals surface area contributed by atoms with Gasteiger partial charge in [0, 0.05) is 38.1 Å². The van der Waals surface area contributed by atoms with Crippen LogP contribution < -0.4 is 15.5 Å². The van der Waals surface area contributed by atoms with Crippen molar-refractivity contribution < 1.29 is 9.53 Å². The van der Waals surface area contributed by atoms with Crippen LogP contribution in [0.3, 0.4) is 0 Å². The molecule has 0 aliphatic carbocycles. The Labute approximate surface area is 153 Å². The number of piperidine rings is 1. The number of methoxy groups -OCH3 is 1. The first-order chi connectivity index (χ1) is 12.8. The lowest BCUT2D eigenvalue weighted by molar-refractivity contribution is 0.102. The van der Waals surface area contributed by atoms with Gasteiger partial charge < -0.3 is 20.3 Å². The van der Waals surface area contributed by atoms with E-state index >= 15 is 0 Å². The molecule has 3 rings (SSSR count). The Morgan fingerprint density at radius 2 is 1.88 bits per heavy atom. The second-order valence-electron chi connectivity index (χ2n) is 6.26. The Kier molecular flexibility index (Phi) is 6.38. The summed E-state index contributed by atoms with van der Waals surface area (Å²) in [5.74, 6) is 0.344. The van der Waals surface area contributed by atoms with Gasteiger partial charge in [0.05, 0.1) is 19.0 Å². The van der Waals surface area contributed by atoms with Crippen LogP contribution in [-0.4, -0.2) is 49.2 Å². The van der Waals surface area contributed by atoms with Crippen LogP contribution in [0.2, 0.25) is 0 Å². The number of benzene rings is 1. The number of aromatic nitrogens is 2. The largest absolute Gasteiger partial charge is 0.383 e. The predicted octanol–water partition coefficient (Wildman–Crippen LogP) is 2.78. The molecule has 0 radical (unpaired) electrons. The van der Waals surface area contributed by atoms with Crippen molar-refractivity contribution in [2.75, 3.05) is 48.9 Å². The summed E-state index contributed by atoms with van der Waals surface area (Å²) in [7, 11) is 1.64. The highest BCUT2D eigenvalue weighted by molar-refractivity contribution is 6.02. The number of ether oxygens (including phenoxy) is 1. The number of nitrogens with one attached hydrogen (secondary N) is 2. The second-order valence-corrected chi connectivity index (χ2v) is 6.26. The number of carbonyl (C=O) groups excluding carboxylic acids is 1. The van der Waals surface area contributed by atoms with Gasteiger partial charge in [0.25, 0.3) is 5.91 Å². The lowest BCUT2D eigenvalue weighted by Crippen LogP contribution is -2.29. The van der Waals surface area contributed by atoms with E-state index in [4.69, 9.17) is 4.74 Å². The molecule has 1 fully saturated rings. The van der Waals surface area contributed by atoms with Crippen molar-refractivity contribution in [3.05, 3.63) is 42.4 Å². The van der Waals surface area contributed by atoms with Crippen molar-refractivity contribution in [2.24, 2.45) is 0 Å². The van der Waals surface area contributed by atoms with E-state index in [1.807, 2.05) is 12.1 Å². The summed E-state index contributed by atoms with van der Waals surface area (Å²) >= 11 is 0. The normalized spacial score (nSPS) is 14.1. The molecule has 1 aromatic carbocycles. The molecule has 1 amide bonds. The van der Waals surface area contributed by atoms with Crippen molar-refractivity contribution in [3.8, 4) is 0 Å².